The molecule has 1 saturated heterocycles. The van der Waals surface area contributed by atoms with Gasteiger partial charge in [-0.15, -0.1) is 0 Å². The zero-order valence-corrected chi connectivity index (χ0v) is 18.3. The van der Waals surface area contributed by atoms with Crippen molar-refractivity contribution >= 4 is 0 Å². The van der Waals surface area contributed by atoms with Crippen molar-refractivity contribution in [2.75, 3.05) is 41.0 Å². The van der Waals surface area contributed by atoms with E-state index in [2.05, 4.69) is 4.90 Å². The number of hydrogen-bond donors (Lipinski definition) is 2. The Morgan fingerprint density at radius 2 is 1.77 bits per heavy atom. The van der Waals surface area contributed by atoms with Gasteiger partial charge in [0.2, 0.25) is 0 Å². The SMILES string of the molecule is COc1ccc2c(c1)OC1(CCN(C[C@@H](O)c3ccc(OC)c(OC)c3)CC1)C[C@H]2O. The minimum absolute atomic E-state index is 0.385. The van der Waals surface area contributed by atoms with Gasteiger partial charge < -0.3 is 34.1 Å². The normalized spacial score (nSPS) is 21.1. The van der Waals surface area contributed by atoms with Crippen molar-refractivity contribution in [3.8, 4) is 23.0 Å². The minimum atomic E-state index is -0.628. The van der Waals surface area contributed by atoms with Crippen LogP contribution >= 0.6 is 0 Å². The lowest BCUT2D eigenvalue weighted by molar-refractivity contribution is -0.0588. The molecule has 7 heteroatoms. The lowest BCUT2D eigenvalue weighted by Gasteiger charge is -2.46. The van der Waals surface area contributed by atoms with Gasteiger partial charge in [-0.05, 0) is 42.7 Å². The first-order valence-corrected chi connectivity index (χ1v) is 10.6. The fourth-order valence-electron chi connectivity index (χ4n) is 4.60. The first kappa shape index (κ1) is 21.7. The number of benzene rings is 2. The number of β-amino-alcohol motifs (C(OH)–C–C–N with tert-alkyl or cyclic N) is 1. The van der Waals surface area contributed by atoms with Crippen LogP contribution in [-0.2, 0) is 0 Å². The average molecular weight is 430 g/mol. The summed E-state index contributed by atoms with van der Waals surface area (Å²) in [6, 6.07) is 11.1. The molecule has 168 valence electrons. The zero-order chi connectivity index (χ0) is 22.0. The molecule has 2 N–H and O–H groups in total. The summed E-state index contributed by atoms with van der Waals surface area (Å²) < 4.78 is 22.3. The Kier molecular flexibility index (Phi) is 6.27. The van der Waals surface area contributed by atoms with Gasteiger partial charge in [0.1, 0.15) is 17.1 Å². The monoisotopic (exact) mass is 429 g/mol. The Morgan fingerprint density at radius 1 is 1.03 bits per heavy atom. The van der Waals surface area contributed by atoms with Gasteiger partial charge in [-0.25, -0.2) is 0 Å². The number of aliphatic hydroxyl groups excluding tert-OH is 2. The predicted octanol–water partition coefficient (Wildman–Crippen LogP) is 3.10. The molecule has 2 aromatic carbocycles. The average Bonchev–Trinajstić information content (AvgIpc) is 2.79. The van der Waals surface area contributed by atoms with Crippen LogP contribution < -0.4 is 18.9 Å². The smallest absolute Gasteiger partial charge is 0.161 e. The van der Waals surface area contributed by atoms with E-state index in [4.69, 9.17) is 18.9 Å². The molecular formula is C24H31NO6. The Bertz CT molecular complexity index is 909. The van der Waals surface area contributed by atoms with Gasteiger partial charge in [0.25, 0.3) is 0 Å². The number of nitrogens with zero attached hydrogens (tertiary/aromatic N) is 1. The first-order valence-electron chi connectivity index (χ1n) is 10.6. The zero-order valence-electron chi connectivity index (χ0n) is 18.3. The van der Waals surface area contributed by atoms with E-state index in [1.165, 1.54) is 0 Å². The quantitative estimate of drug-likeness (QED) is 0.730. The van der Waals surface area contributed by atoms with Gasteiger partial charge in [-0.3, -0.25) is 0 Å². The summed E-state index contributed by atoms with van der Waals surface area (Å²) in [6.45, 7) is 2.10. The van der Waals surface area contributed by atoms with E-state index in [0.29, 0.717) is 30.2 Å². The highest BCUT2D eigenvalue weighted by molar-refractivity contribution is 5.44. The summed E-state index contributed by atoms with van der Waals surface area (Å²) in [4.78, 5) is 2.24. The number of piperidine rings is 1. The summed E-state index contributed by atoms with van der Waals surface area (Å²) in [5.41, 5.74) is 1.23. The van der Waals surface area contributed by atoms with Gasteiger partial charge >= 0.3 is 0 Å². The third kappa shape index (κ3) is 4.44. The second-order valence-corrected chi connectivity index (χ2v) is 8.34. The fourth-order valence-corrected chi connectivity index (χ4v) is 4.60. The van der Waals surface area contributed by atoms with Crippen LogP contribution in [-0.4, -0.2) is 61.7 Å². The molecule has 2 aliphatic rings. The van der Waals surface area contributed by atoms with E-state index in [9.17, 15) is 10.2 Å². The minimum Gasteiger partial charge on any atom is -0.497 e. The van der Waals surface area contributed by atoms with Crippen molar-refractivity contribution in [3.63, 3.8) is 0 Å². The number of hydrogen-bond acceptors (Lipinski definition) is 7. The van der Waals surface area contributed by atoms with Crippen LogP contribution in [0.3, 0.4) is 0 Å². The van der Waals surface area contributed by atoms with Crippen molar-refractivity contribution in [2.45, 2.75) is 37.1 Å². The topological polar surface area (TPSA) is 80.6 Å². The Morgan fingerprint density at radius 3 is 2.45 bits per heavy atom. The number of aliphatic hydroxyl groups is 2. The molecule has 0 aromatic heterocycles. The molecule has 0 aliphatic carbocycles. The van der Waals surface area contributed by atoms with Gasteiger partial charge in [0, 0.05) is 37.7 Å². The van der Waals surface area contributed by atoms with Crippen LogP contribution in [0.4, 0.5) is 0 Å². The molecule has 31 heavy (non-hydrogen) atoms. The van der Waals surface area contributed by atoms with Crippen molar-refractivity contribution in [2.24, 2.45) is 0 Å². The molecule has 1 spiro atoms. The van der Waals surface area contributed by atoms with Crippen molar-refractivity contribution < 1.29 is 29.2 Å². The van der Waals surface area contributed by atoms with E-state index in [-0.39, 0.29) is 5.60 Å². The summed E-state index contributed by atoms with van der Waals surface area (Å²) in [6.07, 6.45) is 0.993. The van der Waals surface area contributed by atoms with Crippen LogP contribution in [0.25, 0.3) is 0 Å². The summed E-state index contributed by atoms with van der Waals surface area (Å²) in [5.74, 6) is 2.68. The van der Waals surface area contributed by atoms with Gasteiger partial charge in [-0.2, -0.15) is 0 Å². The highest BCUT2D eigenvalue weighted by Crippen LogP contribution is 2.45. The van der Waals surface area contributed by atoms with E-state index in [1.807, 2.05) is 36.4 Å². The number of ether oxygens (including phenoxy) is 4. The van der Waals surface area contributed by atoms with E-state index in [0.717, 1.165) is 42.8 Å². The highest BCUT2D eigenvalue weighted by Gasteiger charge is 2.43. The van der Waals surface area contributed by atoms with Crippen LogP contribution in [0.5, 0.6) is 23.0 Å². The number of methoxy groups -OCH3 is 3. The summed E-state index contributed by atoms with van der Waals surface area (Å²) >= 11 is 0. The molecule has 7 nitrogen and oxygen atoms in total. The third-order valence-corrected chi connectivity index (χ3v) is 6.46. The molecule has 2 atom stereocenters. The molecule has 0 unspecified atom stereocenters. The van der Waals surface area contributed by atoms with E-state index in [1.54, 1.807) is 21.3 Å². The molecule has 4 rings (SSSR count). The maximum Gasteiger partial charge on any atom is 0.161 e. The molecular weight excluding hydrogens is 398 g/mol. The lowest BCUT2D eigenvalue weighted by Crippen LogP contribution is -2.51. The highest BCUT2D eigenvalue weighted by atomic mass is 16.5. The number of rotatable bonds is 6. The largest absolute Gasteiger partial charge is 0.497 e. The van der Waals surface area contributed by atoms with Gasteiger partial charge in [0.05, 0.1) is 33.5 Å². The first-order chi connectivity index (χ1) is 15.0. The Hall–Kier alpha value is -2.48. The van der Waals surface area contributed by atoms with Gasteiger partial charge in [0.15, 0.2) is 11.5 Å². The predicted molar refractivity (Wildman–Crippen MR) is 116 cm³/mol. The van der Waals surface area contributed by atoms with E-state index < -0.39 is 12.2 Å². The summed E-state index contributed by atoms with van der Waals surface area (Å²) in [5, 5.41) is 21.5. The van der Waals surface area contributed by atoms with Crippen molar-refractivity contribution in [1.29, 1.82) is 0 Å². The molecule has 2 aliphatic heterocycles. The molecule has 2 aromatic rings. The van der Waals surface area contributed by atoms with Crippen molar-refractivity contribution in [1.82, 2.24) is 4.90 Å². The summed E-state index contributed by atoms with van der Waals surface area (Å²) in [7, 11) is 4.81. The lowest BCUT2D eigenvalue weighted by atomic mass is 9.81. The standard InChI is InChI=1S/C24H31NO6/c1-28-17-5-6-18-19(26)14-24(31-22(18)13-17)8-10-25(11-9-24)15-20(27)16-4-7-21(29-2)23(12-16)30-3/h4-7,12-13,19-20,26-27H,8-11,14-15H2,1-3H3/t19-,20-/m1/s1. The molecule has 2 heterocycles. The van der Waals surface area contributed by atoms with E-state index >= 15 is 0 Å². The molecule has 0 saturated carbocycles. The number of likely N-dealkylation sites (tertiary alicyclic amines) is 1. The second-order valence-electron chi connectivity index (χ2n) is 8.34. The molecule has 1 fully saturated rings. The number of fused-ring (bicyclic) bond motifs is 1. The van der Waals surface area contributed by atoms with Crippen molar-refractivity contribution in [3.05, 3.63) is 47.5 Å². The Labute approximate surface area is 183 Å². The second kappa shape index (κ2) is 8.94. The molecule has 0 amide bonds. The molecule has 0 radical (unpaired) electrons. The molecule has 0 bridgehead atoms. The van der Waals surface area contributed by atoms with Crippen LogP contribution in [0, 0.1) is 0 Å². The van der Waals surface area contributed by atoms with Gasteiger partial charge in [-0.1, -0.05) is 6.07 Å². The Balaban J connectivity index is 1.39. The van der Waals surface area contributed by atoms with Crippen LogP contribution in [0.2, 0.25) is 0 Å². The fraction of sp³-hybridized carbons (Fsp3) is 0.500. The third-order valence-electron chi connectivity index (χ3n) is 6.46. The maximum atomic E-state index is 10.8. The van der Waals surface area contributed by atoms with Crippen LogP contribution in [0.1, 0.15) is 42.6 Å². The maximum absolute atomic E-state index is 10.8. The van der Waals surface area contributed by atoms with Crippen LogP contribution in [0.15, 0.2) is 36.4 Å².